The SMILES string of the molecule is Cc1cccnc1CN1CC2(CCCC2)NCCC1C. The van der Waals surface area contributed by atoms with Crippen LogP contribution in [0.25, 0.3) is 0 Å². The van der Waals surface area contributed by atoms with E-state index in [4.69, 9.17) is 0 Å². The van der Waals surface area contributed by atoms with Crippen molar-refractivity contribution in [3.8, 4) is 0 Å². The molecule has 1 aromatic rings. The molecule has 1 aliphatic carbocycles. The molecule has 0 radical (unpaired) electrons. The Morgan fingerprint density at radius 3 is 2.95 bits per heavy atom. The van der Waals surface area contributed by atoms with Gasteiger partial charge < -0.3 is 5.32 Å². The minimum absolute atomic E-state index is 0.382. The number of nitrogens with zero attached hydrogens (tertiary/aromatic N) is 2. The monoisotopic (exact) mass is 273 g/mol. The summed E-state index contributed by atoms with van der Waals surface area (Å²) in [5.41, 5.74) is 2.94. The van der Waals surface area contributed by atoms with E-state index in [0.29, 0.717) is 11.6 Å². The largest absolute Gasteiger partial charge is 0.310 e. The fourth-order valence-electron chi connectivity index (χ4n) is 3.80. The third-order valence-corrected chi connectivity index (χ3v) is 5.22. The van der Waals surface area contributed by atoms with Gasteiger partial charge in [-0.25, -0.2) is 0 Å². The molecule has 1 N–H and O–H groups in total. The van der Waals surface area contributed by atoms with Crippen molar-refractivity contribution in [1.82, 2.24) is 15.2 Å². The van der Waals surface area contributed by atoms with Crippen LogP contribution >= 0.6 is 0 Å². The highest BCUT2D eigenvalue weighted by molar-refractivity contribution is 5.17. The van der Waals surface area contributed by atoms with Gasteiger partial charge in [-0.3, -0.25) is 9.88 Å². The minimum Gasteiger partial charge on any atom is -0.310 e. The molecule has 20 heavy (non-hydrogen) atoms. The Morgan fingerprint density at radius 2 is 2.20 bits per heavy atom. The van der Waals surface area contributed by atoms with E-state index in [2.05, 4.69) is 35.1 Å². The topological polar surface area (TPSA) is 28.2 Å². The fraction of sp³-hybridized carbons (Fsp3) is 0.706. The molecule has 0 aromatic carbocycles. The third-order valence-electron chi connectivity index (χ3n) is 5.22. The van der Waals surface area contributed by atoms with Crippen molar-refractivity contribution in [2.45, 2.75) is 64.1 Å². The molecule has 1 saturated carbocycles. The third kappa shape index (κ3) is 2.89. The van der Waals surface area contributed by atoms with Gasteiger partial charge in [0.25, 0.3) is 0 Å². The number of nitrogens with one attached hydrogen (secondary N) is 1. The molecule has 1 saturated heterocycles. The summed E-state index contributed by atoms with van der Waals surface area (Å²) in [4.78, 5) is 7.24. The van der Waals surface area contributed by atoms with Gasteiger partial charge >= 0.3 is 0 Å². The molecule has 3 rings (SSSR count). The van der Waals surface area contributed by atoms with Crippen molar-refractivity contribution in [2.24, 2.45) is 0 Å². The van der Waals surface area contributed by atoms with Crippen LogP contribution in [-0.2, 0) is 6.54 Å². The molecule has 3 nitrogen and oxygen atoms in total. The molecule has 0 amide bonds. The van der Waals surface area contributed by atoms with E-state index in [9.17, 15) is 0 Å². The maximum Gasteiger partial charge on any atom is 0.0573 e. The van der Waals surface area contributed by atoms with Crippen molar-refractivity contribution in [3.63, 3.8) is 0 Å². The summed E-state index contributed by atoms with van der Waals surface area (Å²) in [6.07, 6.45) is 8.63. The van der Waals surface area contributed by atoms with Crippen LogP contribution in [0.5, 0.6) is 0 Å². The summed E-state index contributed by atoms with van der Waals surface area (Å²) < 4.78 is 0. The van der Waals surface area contributed by atoms with E-state index < -0.39 is 0 Å². The van der Waals surface area contributed by atoms with Crippen molar-refractivity contribution in [1.29, 1.82) is 0 Å². The van der Waals surface area contributed by atoms with Crippen LogP contribution in [-0.4, -0.2) is 34.6 Å². The van der Waals surface area contributed by atoms with E-state index >= 15 is 0 Å². The molecule has 110 valence electrons. The van der Waals surface area contributed by atoms with Crippen molar-refractivity contribution in [2.75, 3.05) is 13.1 Å². The molecule has 2 aliphatic rings. The Bertz CT molecular complexity index is 451. The Hall–Kier alpha value is -0.930. The summed E-state index contributed by atoms with van der Waals surface area (Å²) in [5.74, 6) is 0. The Labute approximate surface area is 122 Å². The number of aromatic nitrogens is 1. The van der Waals surface area contributed by atoms with Crippen LogP contribution in [0.1, 0.15) is 50.3 Å². The smallest absolute Gasteiger partial charge is 0.0573 e. The first-order chi connectivity index (χ1) is 9.69. The molecule has 0 bridgehead atoms. The van der Waals surface area contributed by atoms with E-state index in [1.165, 1.54) is 56.5 Å². The quantitative estimate of drug-likeness (QED) is 0.898. The fourth-order valence-corrected chi connectivity index (χ4v) is 3.80. The summed E-state index contributed by atoms with van der Waals surface area (Å²) in [6, 6.07) is 4.85. The number of rotatable bonds is 2. The van der Waals surface area contributed by atoms with Crippen LogP contribution in [0.2, 0.25) is 0 Å². The summed E-state index contributed by atoms with van der Waals surface area (Å²) in [6.45, 7) is 7.89. The predicted octanol–water partition coefficient (Wildman–Crippen LogP) is 2.89. The van der Waals surface area contributed by atoms with Crippen LogP contribution in [0.3, 0.4) is 0 Å². The van der Waals surface area contributed by atoms with Gasteiger partial charge in [0.1, 0.15) is 0 Å². The lowest BCUT2D eigenvalue weighted by atomic mass is 9.97. The Balaban J connectivity index is 1.77. The highest BCUT2D eigenvalue weighted by atomic mass is 15.2. The molecular weight excluding hydrogens is 246 g/mol. The zero-order chi connectivity index (χ0) is 14.0. The molecule has 2 fully saturated rings. The minimum atomic E-state index is 0.382. The predicted molar refractivity (Wildman–Crippen MR) is 82.7 cm³/mol. The average molecular weight is 273 g/mol. The molecule has 1 spiro atoms. The van der Waals surface area contributed by atoms with Crippen molar-refractivity contribution >= 4 is 0 Å². The summed E-state index contributed by atoms with van der Waals surface area (Å²) >= 11 is 0. The van der Waals surface area contributed by atoms with E-state index in [0.717, 1.165) is 6.54 Å². The summed E-state index contributed by atoms with van der Waals surface area (Å²) in [5, 5.41) is 3.86. The molecule has 1 unspecified atom stereocenters. The zero-order valence-corrected chi connectivity index (χ0v) is 12.9. The molecule has 3 heteroatoms. The van der Waals surface area contributed by atoms with Gasteiger partial charge in [0.2, 0.25) is 0 Å². The van der Waals surface area contributed by atoms with Gasteiger partial charge in [0.05, 0.1) is 5.69 Å². The maximum atomic E-state index is 4.59. The zero-order valence-electron chi connectivity index (χ0n) is 12.9. The molecule has 1 aromatic heterocycles. The highest BCUT2D eigenvalue weighted by Crippen LogP contribution is 2.33. The van der Waals surface area contributed by atoms with Gasteiger partial charge in [0, 0.05) is 30.9 Å². The molecule has 2 heterocycles. The molecule has 1 aliphatic heterocycles. The summed E-state index contributed by atoms with van der Waals surface area (Å²) in [7, 11) is 0. The Morgan fingerprint density at radius 1 is 1.40 bits per heavy atom. The average Bonchev–Trinajstić information content (AvgIpc) is 2.82. The molecular formula is C17H27N3. The van der Waals surface area contributed by atoms with Gasteiger partial charge in [0.15, 0.2) is 0 Å². The van der Waals surface area contributed by atoms with Crippen molar-refractivity contribution in [3.05, 3.63) is 29.6 Å². The lowest BCUT2D eigenvalue weighted by molar-refractivity contribution is 0.158. The number of hydrogen-bond acceptors (Lipinski definition) is 3. The first-order valence-electron chi connectivity index (χ1n) is 8.08. The highest BCUT2D eigenvalue weighted by Gasteiger charge is 2.38. The van der Waals surface area contributed by atoms with Crippen LogP contribution in [0.4, 0.5) is 0 Å². The lowest BCUT2D eigenvalue weighted by Crippen LogP contribution is -2.50. The second-order valence-electron chi connectivity index (χ2n) is 6.72. The normalized spacial score (nSPS) is 26.8. The van der Waals surface area contributed by atoms with Gasteiger partial charge in [-0.05, 0) is 51.3 Å². The second-order valence-corrected chi connectivity index (χ2v) is 6.72. The first kappa shape index (κ1) is 14.0. The van der Waals surface area contributed by atoms with Crippen LogP contribution < -0.4 is 5.32 Å². The number of hydrogen-bond donors (Lipinski definition) is 1. The second kappa shape index (κ2) is 5.82. The lowest BCUT2D eigenvalue weighted by Gasteiger charge is -2.35. The van der Waals surface area contributed by atoms with E-state index in [-0.39, 0.29) is 0 Å². The first-order valence-corrected chi connectivity index (χ1v) is 8.08. The van der Waals surface area contributed by atoms with Gasteiger partial charge in [-0.15, -0.1) is 0 Å². The number of aryl methyl sites for hydroxylation is 1. The van der Waals surface area contributed by atoms with Gasteiger partial charge in [-0.2, -0.15) is 0 Å². The van der Waals surface area contributed by atoms with Crippen LogP contribution in [0.15, 0.2) is 18.3 Å². The van der Waals surface area contributed by atoms with Gasteiger partial charge in [-0.1, -0.05) is 18.9 Å². The standard InChI is InChI=1S/C17H27N3/c1-14-6-5-10-18-16(14)12-20-13-17(8-3-4-9-17)19-11-7-15(20)2/h5-6,10,15,19H,3-4,7-9,11-13H2,1-2H3. The van der Waals surface area contributed by atoms with E-state index in [1.807, 2.05) is 12.3 Å². The van der Waals surface area contributed by atoms with E-state index in [1.54, 1.807) is 0 Å². The van der Waals surface area contributed by atoms with Crippen LogP contribution in [0, 0.1) is 6.92 Å². The maximum absolute atomic E-state index is 4.59. The van der Waals surface area contributed by atoms with Crippen molar-refractivity contribution < 1.29 is 0 Å². The number of pyridine rings is 1. The molecule has 1 atom stereocenters. The Kier molecular flexibility index (Phi) is 4.08.